The molecule has 1 N–H and O–H groups in total. The highest BCUT2D eigenvalue weighted by Gasteiger charge is 2.19. The predicted molar refractivity (Wildman–Crippen MR) is 105 cm³/mol. The highest BCUT2D eigenvalue weighted by Crippen LogP contribution is 2.24. The maximum absolute atomic E-state index is 12.5. The molecule has 0 saturated heterocycles. The van der Waals surface area contributed by atoms with Gasteiger partial charge < -0.3 is 9.64 Å². The Labute approximate surface area is 162 Å². The molecule has 2 aromatic rings. The minimum atomic E-state index is -3.73. The van der Waals surface area contributed by atoms with E-state index < -0.39 is 16.0 Å². The van der Waals surface area contributed by atoms with Crippen LogP contribution >= 0.6 is 15.9 Å². The smallest absolute Gasteiger partial charge is 0.338 e. The summed E-state index contributed by atoms with van der Waals surface area (Å²) in [6.45, 7) is 2.13. The first-order chi connectivity index (χ1) is 12.2. The molecular weight excluding hydrogens is 420 g/mol. The van der Waals surface area contributed by atoms with Crippen LogP contribution in [0.15, 0.2) is 51.8 Å². The van der Waals surface area contributed by atoms with Crippen molar-refractivity contribution in [2.24, 2.45) is 0 Å². The number of carbonyl (C=O) groups is 1. The van der Waals surface area contributed by atoms with Gasteiger partial charge in [0.15, 0.2) is 0 Å². The number of ether oxygens (including phenoxy) is 1. The van der Waals surface area contributed by atoms with Crippen LogP contribution in [0, 0.1) is 0 Å². The number of benzene rings is 2. The molecule has 8 heteroatoms. The SMILES string of the molecule is CCOC(=O)c1ccc(S(=O)(=O)NCc2ccc(N(C)C)cc2)c(Br)c1. The third-order valence-corrected chi connectivity index (χ3v) is 6.03. The lowest BCUT2D eigenvalue weighted by Crippen LogP contribution is -2.23. The molecule has 0 aliphatic carbocycles. The van der Waals surface area contributed by atoms with Gasteiger partial charge in [-0.1, -0.05) is 12.1 Å². The van der Waals surface area contributed by atoms with Gasteiger partial charge in [0, 0.05) is 30.8 Å². The molecule has 26 heavy (non-hydrogen) atoms. The number of esters is 1. The van der Waals surface area contributed by atoms with Crippen LogP contribution in [0.5, 0.6) is 0 Å². The Morgan fingerprint density at radius 1 is 1.15 bits per heavy atom. The lowest BCUT2D eigenvalue weighted by Gasteiger charge is -2.13. The first-order valence-electron chi connectivity index (χ1n) is 7.97. The van der Waals surface area contributed by atoms with E-state index in [2.05, 4.69) is 20.7 Å². The van der Waals surface area contributed by atoms with Gasteiger partial charge in [-0.05, 0) is 58.7 Å². The second kappa shape index (κ2) is 8.66. The van der Waals surface area contributed by atoms with E-state index in [0.717, 1.165) is 11.3 Å². The molecule has 0 atom stereocenters. The lowest BCUT2D eigenvalue weighted by atomic mass is 10.2. The van der Waals surface area contributed by atoms with Gasteiger partial charge in [-0.3, -0.25) is 0 Å². The maximum Gasteiger partial charge on any atom is 0.338 e. The summed E-state index contributed by atoms with van der Waals surface area (Å²) in [5.41, 5.74) is 2.17. The highest BCUT2D eigenvalue weighted by atomic mass is 79.9. The fraction of sp³-hybridized carbons (Fsp3) is 0.278. The zero-order valence-electron chi connectivity index (χ0n) is 14.8. The van der Waals surface area contributed by atoms with E-state index in [0.29, 0.717) is 4.47 Å². The van der Waals surface area contributed by atoms with Crippen molar-refractivity contribution in [3.63, 3.8) is 0 Å². The summed E-state index contributed by atoms with van der Waals surface area (Å²) in [4.78, 5) is 13.8. The Hall–Kier alpha value is -1.90. The first-order valence-corrected chi connectivity index (χ1v) is 10.2. The zero-order valence-corrected chi connectivity index (χ0v) is 17.2. The lowest BCUT2D eigenvalue weighted by molar-refractivity contribution is 0.0526. The second-order valence-corrected chi connectivity index (χ2v) is 8.34. The number of hydrogen-bond donors (Lipinski definition) is 1. The Morgan fingerprint density at radius 2 is 1.81 bits per heavy atom. The molecule has 0 amide bonds. The van der Waals surface area contributed by atoms with Crippen LogP contribution < -0.4 is 9.62 Å². The molecule has 0 aliphatic rings. The van der Waals surface area contributed by atoms with Crippen LogP contribution in [0.1, 0.15) is 22.8 Å². The molecule has 0 saturated carbocycles. The summed E-state index contributed by atoms with van der Waals surface area (Å²) >= 11 is 3.22. The Morgan fingerprint density at radius 3 is 2.35 bits per heavy atom. The summed E-state index contributed by atoms with van der Waals surface area (Å²) in [7, 11) is 0.150. The van der Waals surface area contributed by atoms with Gasteiger partial charge in [-0.25, -0.2) is 17.9 Å². The fourth-order valence-corrected chi connectivity index (χ4v) is 4.32. The van der Waals surface area contributed by atoms with Crippen LogP contribution in [0.25, 0.3) is 0 Å². The molecule has 0 radical (unpaired) electrons. The topological polar surface area (TPSA) is 75.7 Å². The van der Waals surface area contributed by atoms with Crippen molar-refractivity contribution in [1.29, 1.82) is 0 Å². The Bertz CT molecular complexity index is 881. The first kappa shape index (κ1) is 20.4. The number of anilines is 1. The summed E-state index contributed by atoms with van der Waals surface area (Å²) in [5, 5.41) is 0. The van der Waals surface area contributed by atoms with Crippen LogP contribution in [-0.2, 0) is 21.3 Å². The second-order valence-electron chi connectivity index (χ2n) is 5.75. The van der Waals surface area contributed by atoms with Gasteiger partial charge in [0.1, 0.15) is 0 Å². The molecule has 0 aliphatic heterocycles. The molecule has 0 fully saturated rings. The van der Waals surface area contributed by atoms with E-state index in [1.165, 1.54) is 18.2 Å². The van der Waals surface area contributed by atoms with Crippen molar-refractivity contribution in [2.75, 3.05) is 25.6 Å². The van der Waals surface area contributed by atoms with Crippen molar-refractivity contribution in [3.8, 4) is 0 Å². The number of nitrogens with zero attached hydrogens (tertiary/aromatic N) is 1. The quantitative estimate of drug-likeness (QED) is 0.669. The van der Waals surface area contributed by atoms with Crippen molar-refractivity contribution in [1.82, 2.24) is 4.72 Å². The fourth-order valence-electron chi connectivity index (χ4n) is 2.23. The van der Waals surface area contributed by atoms with Gasteiger partial charge in [0.05, 0.1) is 17.1 Å². The normalized spacial score (nSPS) is 11.2. The summed E-state index contributed by atoms with van der Waals surface area (Å²) in [6, 6.07) is 11.9. The van der Waals surface area contributed by atoms with Crippen molar-refractivity contribution in [3.05, 3.63) is 58.1 Å². The van der Waals surface area contributed by atoms with Crippen molar-refractivity contribution in [2.45, 2.75) is 18.4 Å². The van der Waals surface area contributed by atoms with E-state index in [4.69, 9.17) is 4.74 Å². The van der Waals surface area contributed by atoms with Crippen LogP contribution in [0.2, 0.25) is 0 Å². The molecule has 0 aromatic heterocycles. The number of sulfonamides is 1. The highest BCUT2D eigenvalue weighted by molar-refractivity contribution is 9.10. The Balaban J connectivity index is 2.13. The number of hydrogen-bond acceptors (Lipinski definition) is 5. The van der Waals surface area contributed by atoms with Crippen LogP contribution in [0.3, 0.4) is 0 Å². The van der Waals surface area contributed by atoms with Gasteiger partial charge in [-0.15, -0.1) is 0 Å². The average molecular weight is 441 g/mol. The standard InChI is InChI=1S/C18H21BrN2O4S/c1-4-25-18(22)14-7-10-17(16(19)11-14)26(23,24)20-12-13-5-8-15(9-6-13)21(2)3/h5-11,20H,4,12H2,1-3H3. The molecule has 6 nitrogen and oxygen atoms in total. The molecular formula is C18H21BrN2O4S. The van der Waals surface area contributed by atoms with Crippen molar-refractivity contribution >= 4 is 37.6 Å². The zero-order chi connectivity index (χ0) is 19.3. The number of halogens is 1. The molecule has 0 heterocycles. The van der Waals surface area contributed by atoms with Gasteiger partial charge in [0.25, 0.3) is 0 Å². The third-order valence-electron chi connectivity index (χ3n) is 3.65. The van der Waals surface area contributed by atoms with E-state index in [1.54, 1.807) is 6.92 Å². The molecule has 0 spiro atoms. The molecule has 2 rings (SSSR count). The Kier molecular flexibility index (Phi) is 6.80. The van der Waals surface area contributed by atoms with Crippen LogP contribution in [0.4, 0.5) is 5.69 Å². The minimum absolute atomic E-state index is 0.0652. The monoisotopic (exact) mass is 440 g/mol. The molecule has 140 valence electrons. The molecule has 2 aromatic carbocycles. The summed E-state index contributed by atoms with van der Waals surface area (Å²) in [6.07, 6.45) is 0. The summed E-state index contributed by atoms with van der Waals surface area (Å²) in [5.74, 6) is -0.494. The number of carbonyl (C=O) groups excluding carboxylic acids is 1. The minimum Gasteiger partial charge on any atom is -0.462 e. The van der Waals surface area contributed by atoms with Gasteiger partial charge in [0.2, 0.25) is 10.0 Å². The number of nitrogens with one attached hydrogen (secondary N) is 1. The number of rotatable bonds is 7. The molecule has 0 bridgehead atoms. The van der Waals surface area contributed by atoms with Crippen molar-refractivity contribution < 1.29 is 17.9 Å². The largest absolute Gasteiger partial charge is 0.462 e. The third kappa shape index (κ3) is 5.06. The van der Waals surface area contributed by atoms with Gasteiger partial charge >= 0.3 is 5.97 Å². The van der Waals surface area contributed by atoms with E-state index in [-0.39, 0.29) is 23.6 Å². The predicted octanol–water partition coefficient (Wildman–Crippen LogP) is 3.17. The van der Waals surface area contributed by atoms with E-state index in [1.807, 2.05) is 43.3 Å². The average Bonchev–Trinajstić information content (AvgIpc) is 2.60. The van der Waals surface area contributed by atoms with Crippen LogP contribution in [-0.4, -0.2) is 35.1 Å². The maximum atomic E-state index is 12.5. The van der Waals surface area contributed by atoms with Gasteiger partial charge in [-0.2, -0.15) is 0 Å². The molecule has 0 unspecified atom stereocenters. The van der Waals surface area contributed by atoms with E-state index >= 15 is 0 Å². The van der Waals surface area contributed by atoms with E-state index in [9.17, 15) is 13.2 Å². The summed E-state index contributed by atoms with van der Waals surface area (Å²) < 4.78 is 32.9.